The molecule has 7 heteroatoms. The van der Waals surface area contributed by atoms with E-state index in [1.807, 2.05) is 0 Å². The van der Waals surface area contributed by atoms with E-state index in [1.54, 1.807) is 10.3 Å². The standard InChI is InChI=1S/C8H9BrN2O3S/c9-6-3-15-8(10-6)11-2-4(12)1-5(11)7(13)14/h3-5,12H,1-2H2,(H,13,14). The summed E-state index contributed by atoms with van der Waals surface area (Å²) in [5, 5.41) is 20.9. The number of aliphatic carboxylic acids is 1. The highest BCUT2D eigenvalue weighted by atomic mass is 79.9. The minimum absolute atomic E-state index is 0.256. The number of aliphatic hydroxyl groups is 1. The molecule has 0 radical (unpaired) electrons. The molecule has 1 aromatic heterocycles. The van der Waals surface area contributed by atoms with Crippen LogP contribution in [0.1, 0.15) is 6.42 Å². The Bertz CT molecular complexity index is 384. The number of nitrogens with zero attached hydrogens (tertiary/aromatic N) is 2. The van der Waals surface area contributed by atoms with Crippen molar-refractivity contribution in [1.29, 1.82) is 0 Å². The minimum atomic E-state index is -0.919. The average Bonchev–Trinajstić information content (AvgIpc) is 2.71. The van der Waals surface area contributed by atoms with Crippen molar-refractivity contribution in [3.05, 3.63) is 9.98 Å². The van der Waals surface area contributed by atoms with Crippen LogP contribution in [0, 0.1) is 0 Å². The Morgan fingerprint density at radius 3 is 3.00 bits per heavy atom. The fourth-order valence-corrected chi connectivity index (χ4v) is 2.95. The third-order valence-corrected chi connectivity index (χ3v) is 3.86. The van der Waals surface area contributed by atoms with Crippen LogP contribution in [-0.2, 0) is 4.79 Å². The maximum atomic E-state index is 11.0. The molecular formula is C8H9BrN2O3S. The number of rotatable bonds is 2. The molecule has 0 aromatic carbocycles. The molecule has 1 aliphatic heterocycles. The van der Waals surface area contributed by atoms with Gasteiger partial charge in [-0.3, -0.25) is 0 Å². The molecule has 2 rings (SSSR count). The first-order valence-corrected chi connectivity index (χ1v) is 6.03. The van der Waals surface area contributed by atoms with Gasteiger partial charge in [0.2, 0.25) is 0 Å². The van der Waals surface area contributed by atoms with Crippen molar-refractivity contribution in [2.24, 2.45) is 0 Å². The van der Waals surface area contributed by atoms with Crippen molar-refractivity contribution >= 4 is 38.4 Å². The smallest absolute Gasteiger partial charge is 0.326 e. The molecule has 2 atom stereocenters. The number of carboxylic acids is 1. The monoisotopic (exact) mass is 292 g/mol. The second-order valence-electron chi connectivity index (χ2n) is 3.35. The lowest BCUT2D eigenvalue weighted by molar-refractivity contribution is -0.138. The Hall–Kier alpha value is -0.660. The number of aromatic nitrogens is 1. The number of halogens is 1. The van der Waals surface area contributed by atoms with Crippen molar-refractivity contribution in [2.45, 2.75) is 18.6 Å². The first-order valence-electron chi connectivity index (χ1n) is 4.36. The van der Waals surface area contributed by atoms with Crippen LogP contribution < -0.4 is 4.90 Å². The van der Waals surface area contributed by atoms with Gasteiger partial charge in [0.05, 0.1) is 6.10 Å². The zero-order valence-corrected chi connectivity index (χ0v) is 10.0. The predicted octanol–water partition coefficient (Wildman–Crippen LogP) is 0.930. The second-order valence-corrected chi connectivity index (χ2v) is 5.00. The summed E-state index contributed by atoms with van der Waals surface area (Å²) in [5.74, 6) is -0.919. The Labute approximate surface area is 98.5 Å². The van der Waals surface area contributed by atoms with Gasteiger partial charge in [-0.05, 0) is 15.9 Å². The molecule has 82 valence electrons. The van der Waals surface area contributed by atoms with E-state index in [4.69, 9.17) is 5.11 Å². The fraction of sp³-hybridized carbons (Fsp3) is 0.500. The van der Waals surface area contributed by atoms with Gasteiger partial charge in [-0.1, -0.05) is 0 Å². The number of carboxylic acid groups (broad SMARTS) is 1. The van der Waals surface area contributed by atoms with E-state index >= 15 is 0 Å². The lowest BCUT2D eigenvalue weighted by Gasteiger charge is -2.19. The van der Waals surface area contributed by atoms with Gasteiger partial charge in [0.15, 0.2) is 5.13 Å². The maximum absolute atomic E-state index is 11.0. The molecule has 0 spiro atoms. The zero-order chi connectivity index (χ0) is 11.0. The van der Waals surface area contributed by atoms with E-state index in [1.165, 1.54) is 11.3 Å². The highest BCUT2D eigenvalue weighted by Crippen LogP contribution is 2.30. The van der Waals surface area contributed by atoms with Crippen LogP contribution in [0.2, 0.25) is 0 Å². The molecule has 5 nitrogen and oxygen atoms in total. The van der Waals surface area contributed by atoms with Crippen molar-refractivity contribution < 1.29 is 15.0 Å². The third kappa shape index (κ3) is 2.14. The molecule has 0 aliphatic carbocycles. The number of hydrogen-bond donors (Lipinski definition) is 2. The fourth-order valence-electron chi connectivity index (χ4n) is 1.64. The number of anilines is 1. The summed E-state index contributed by atoms with van der Waals surface area (Å²) in [7, 11) is 0. The lowest BCUT2D eigenvalue weighted by Crippen LogP contribution is -2.35. The number of hydrogen-bond acceptors (Lipinski definition) is 5. The molecule has 1 fully saturated rings. The Morgan fingerprint density at radius 2 is 2.47 bits per heavy atom. The Morgan fingerprint density at radius 1 is 1.73 bits per heavy atom. The van der Waals surface area contributed by atoms with Gasteiger partial charge in [-0.15, -0.1) is 11.3 Å². The second kappa shape index (κ2) is 4.07. The normalized spacial score (nSPS) is 25.9. The van der Waals surface area contributed by atoms with E-state index < -0.39 is 18.1 Å². The summed E-state index contributed by atoms with van der Waals surface area (Å²) in [6.45, 7) is 0.330. The molecule has 1 saturated heterocycles. The van der Waals surface area contributed by atoms with Gasteiger partial charge in [0, 0.05) is 18.3 Å². The Balaban J connectivity index is 2.24. The number of thiazole rings is 1. The van der Waals surface area contributed by atoms with Gasteiger partial charge in [-0.25, -0.2) is 9.78 Å². The summed E-state index contributed by atoms with van der Waals surface area (Å²) >= 11 is 4.58. The van der Waals surface area contributed by atoms with E-state index in [2.05, 4.69) is 20.9 Å². The van der Waals surface area contributed by atoms with Gasteiger partial charge in [0.1, 0.15) is 10.6 Å². The maximum Gasteiger partial charge on any atom is 0.326 e. The van der Waals surface area contributed by atoms with Crippen LogP contribution in [-0.4, -0.2) is 39.9 Å². The molecule has 0 amide bonds. The quantitative estimate of drug-likeness (QED) is 0.848. The van der Waals surface area contributed by atoms with Crippen LogP contribution in [0.4, 0.5) is 5.13 Å². The summed E-state index contributed by atoms with van der Waals surface area (Å²) < 4.78 is 0.688. The summed E-state index contributed by atoms with van der Waals surface area (Å²) in [6.07, 6.45) is -0.333. The van der Waals surface area contributed by atoms with Gasteiger partial charge in [-0.2, -0.15) is 0 Å². The van der Waals surface area contributed by atoms with Crippen LogP contribution >= 0.6 is 27.3 Å². The van der Waals surface area contributed by atoms with E-state index in [0.717, 1.165) is 0 Å². The van der Waals surface area contributed by atoms with Gasteiger partial charge < -0.3 is 15.1 Å². The highest BCUT2D eigenvalue weighted by Gasteiger charge is 2.37. The first kappa shape index (κ1) is 10.8. The Kier molecular flexibility index (Phi) is 2.94. The van der Waals surface area contributed by atoms with Crippen molar-refractivity contribution in [1.82, 2.24) is 4.98 Å². The molecule has 0 saturated carbocycles. The van der Waals surface area contributed by atoms with Gasteiger partial charge >= 0.3 is 5.97 Å². The molecule has 0 bridgehead atoms. The van der Waals surface area contributed by atoms with E-state index in [-0.39, 0.29) is 6.42 Å². The van der Waals surface area contributed by atoms with Crippen LogP contribution in [0.15, 0.2) is 9.98 Å². The van der Waals surface area contributed by atoms with Crippen molar-refractivity contribution in [2.75, 3.05) is 11.4 Å². The highest BCUT2D eigenvalue weighted by molar-refractivity contribution is 9.10. The van der Waals surface area contributed by atoms with Crippen molar-refractivity contribution in [3.8, 4) is 0 Å². The number of carbonyl (C=O) groups is 1. The average molecular weight is 293 g/mol. The summed E-state index contributed by atoms with van der Waals surface area (Å²) in [5.41, 5.74) is 0. The molecule has 1 aliphatic rings. The summed E-state index contributed by atoms with van der Waals surface area (Å²) in [4.78, 5) is 16.7. The van der Waals surface area contributed by atoms with Crippen molar-refractivity contribution in [3.63, 3.8) is 0 Å². The largest absolute Gasteiger partial charge is 0.480 e. The lowest BCUT2D eigenvalue weighted by atomic mass is 10.2. The first-order chi connectivity index (χ1) is 7.08. The molecule has 2 N–H and O–H groups in total. The predicted molar refractivity (Wildman–Crippen MR) is 59.2 cm³/mol. The minimum Gasteiger partial charge on any atom is -0.480 e. The third-order valence-electron chi connectivity index (χ3n) is 2.27. The summed E-state index contributed by atoms with van der Waals surface area (Å²) in [6, 6.07) is -0.668. The molecule has 1 aromatic rings. The van der Waals surface area contributed by atoms with Crippen LogP contribution in [0.25, 0.3) is 0 Å². The number of β-amino-alcohol motifs (C(OH)–C–C–N with tert-alkyl or cyclic N) is 1. The number of aliphatic hydroxyl groups excluding tert-OH is 1. The SMILES string of the molecule is O=C(O)C1CC(O)CN1c1nc(Br)cs1. The topological polar surface area (TPSA) is 73.7 Å². The van der Waals surface area contributed by atoms with Crippen LogP contribution in [0.5, 0.6) is 0 Å². The molecule has 15 heavy (non-hydrogen) atoms. The molecule has 2 heterocycles. The van der Waals surface area contributed by atoms with E-state index in [0.29, 0.717) is 16.3 Å². The molecular weight excluding hydrogens is 284 g/mol. The van der Waals surface area contributed by atoms with Crippen LogP contribution in [0.3, 0.4) is 0 Å². The van der Waals surface area contributed by atoms with Gasteiger partial charge in [0.25, 0.3) is 0 Å². The zero-order valence-electron chi connectivity index (χ0n) is 7.63. The molecule has 2 unspecified atom stereocenters. The van der Waals surface area contributed by atoms with E-state index in [9.17, 15) is 9.90 Å².